The zero-order valence-electron chi connectivity index (χ0n) is 12.8. The average Bonchev–Trinajstić information content (AvgIpc) is 2.47. The lowest BCUT2D eigenvalue weighted by atomic mass is 9.98. The zero-order chi connectivity index (χ0) is 14.7. The topological polar surface area (TPSA) is 23.6 Å². The Morgan fingerprint density at radius 2 is 2.15 bits per heavy atom. The number of fused-ring (bicyclic) bond motifs is 1. The van der Waals surface area contributed by atoms with Gasteiger partial charge in [-0.2, -0.15) is 11.8 Å². The van der Waals surface area contributed by atoms with Gasteiger partial charge in [0.15, 0.2) is 0 Å². The zero-order valence-corrected chi connectivity index (χ0v) is 13.7. The lowest BCUT2D eigenvalue weighted by molar-refractivity contribution is -0.131. The lowest BCUT2D eigenvalue weighted by Gasteiger charge is -2.32. The number of hydrogen-bond acceptors (Lipinski definition) is 3. The van der Waals surface area contributed by atoms with Crippen molar-refractivity contribution in [3.05, 3.63) is 29.3 Å². The molecule has 110 valence electrons. The molecule has 2 rings (SSSR count). The molecule has 0 fully saturated rings. The molecule has 4 heteroatoms. The molecule has 0 saturated heterocycles. The fourth-order valence-electron chi connectivity index (χ4n) is 2.66. The number of benzene rings is 1. The molecule has 0 aliphatic carbocycles. The van der Waals surface area contributed by atoms with Gasteiger partial charge in [0, 0.05) is 32.9 Å². The van der Waals surface area contributed by atoms with Gasteiger partial charge in [-0.25, -0.2) is 0 Å². The number of carbonyl (C=O) groups excluding carboxylic acids is 1. The third-order valence-electron chi connectivity index (χ3n) is 3.96. The van der Waals surface area contributed by atoms with Crippen LogP contribution in [0.25, 0.3) is 0 Å². The van der Waals surface area contributed by atoms with Crippen molar-refractivity contribution in [2.45, 2.75) is 31.6 Å². The highest BCUT2D eigenvalue weighted by molar-refractivity contribution is 7.99. The maximum Gasteiger partial charge on any atom is 0.235 e. The first-order valence-corrected chi connectivity index (χ1v) is 8.46. The Balaban J connectivity index is 2.17. The van der Waals surface area contributed by atoms with Gasteiger partial charge in [0.1, 0.15) is 0 Å². The molecular weight excluding hydrogens is 268 g/mol. The summed E-state index contributed by atoms with van der Waals surface area (Å²) < 4.78 is 0. The van der Waals surface area contributed by atoms with E-state index in [1.54, 1.807) is 11.8 Å². The normalized spacial score (nSPS) is 15.7. The first kappa shape index (κ1) is 15.2. The van der Waals surface area contributed by atoms with Crippen molar-refractivity contribution in [1.82, 2.24) is 4.90 Å². The van der Waals surface area contributed by atoms with Gasteiger partial charge in [-0.15, -0.1) is 0 Å². The van der Waals surface area contributed by atoms with E-state index < -0.39 is 0 Å². The summed E-state index contributed by atoms with van der Waals surface area (Å²) in [4.78, 5) is 16.6. The van der Waals surface area contributed by atoms with Crippen LogP contribution < -0.4 is 4.90 Å². The predicted octanol–water partition coefficient (Wildman–Crippen LogP) is 2.78. The third kappa shape index (κ3) is 3.11. The minimum absolute atomic E-state index is 0.105. The van der Waals surface area contributed by atoms with E-state index in [9.17, 15) is 4.79 Å². The number of thioether (sulfide) groups is 1. The third-order valence-corrected chi connectivity index (χ3v) is 5.06. The molecule has 0 spiro atoms. The maximum absolute atomic E-state index is 12.5. The number of carbonyl (C=O) groups is 1. The van der Waals surface area contributed by atoms with E-state index >= 15 is 0 Å². The summed E-state index contributed by atoms with van der Waals surface area (Å²) in [6.45, 7) is 3.69. The minimum Gasteiger partial charge on any atom is -0.378 e. The summed E-state index contributed by atoms with van der Waals surface area (Å²) in [7, 11) is 4.10. The van der Waals surface area contributed by atoms with Crippen LogP contribution in [0.5, 0.6) is 0 Å². The number of anilines is 1. The molecule has 1 aromatic carbocycles. The Morgan fingerprint density at radius 3 is 2.75 bits per heavy atom. The second-order valence-electron chi connectivity index (χ2n) is 5.49. The van der Waals surface area contributed by atoms with E-state index in [2.05, 4.69) is 30.0 Å². The van der Waals surface area contributed by atoms with Crippen molar-refractivity contribution in [2.75, 3.05) is 31.8 Å². The minimum atomic E-state index is 0.105. The fraction of sp³-hybridized carbons (Fsp3) is 0.562. The van der Waals surface area contributed by atoms with Gasteiger partial charge < -0.3 is 9.80 Å². The fourth-order valence-corrected chi connectivity index (χ4v) is 3.34. The van der Waals surface area contributed by atoms with Crippen molar-refractivity contribution in [2.24, 2.45) is 0 Å². The van der Waals surface area contributed by atoms with Gasteiger partial charge in [-0.1, -0.05) is 13.0 Å². The standard InChI is InChI=1S/C16H24N2OS/c1-5-15(20-4)16(19)18-9-8-12-6-7-14(17(2)3)10-13(12)11-18/h6-7,10,15H,5,8-9,11H2,1-4H3/t15-/m1/s1. The van der Waals surface area contributed by atoms with E-state index in [-0.39, 0.29) is 5.25 Å². The Labute approximate surface area is 126 Å². The number of hydrogen-bond donors (Lipinski definition) is 0. The Kier molecular flexibility index (Phi) is 4.97. The van der Waals surface area contributed by atoms with Gasteiger partial charge in [-0.3, -0.25) is 4.79 Å². The Morgan fingerprint density at radius 1 is 1.40 bits per heavy atom. The number of amides is 1. The van der Waals surface area contributed by atoms with Crippen molar-refractivity contribution in [3.63, 3.8) is 0 Å². The van der Waals surface area contributed by atoms with Gasteiger partial charge >= 0.3 is 0 Å². The first-order valence-electron chi connectivity index (χ1n) is 7.17. The average molecular weight is 292 g/mol. The molecular formula is C16H24N2OS. The highest BCUT2D eigenvalue weighted by Gasteiger charge is 2.25. The number of nitrogens with zero attached hydrogens (tertiary/aromatic N) is 2. The second-order valence-corrected chi connectivity index (χ2v) is 6.53. The van der Waals surface area contributed by atoms with Crippen molar-refractivity contribution in [3.8, 4) is 0 Å². The first-order chi connectivity index (χ1) is 9.56. The maximum atomic E-state index is 12.5. The molecule has 0 aromatic heterocycles. The summed E-state index contributed by atoms with van der Waals surface area (Å²) in [5, 5.41) is 0.105. The summed E-state index contributed by atoms with van der Waals surface area (Å²) in [5.41, 5.74) is 3.89. The quantitative estimate of drug-likeness (QED) is 0.852. The smallest absolute Gasteiger partial charge is 0.235 e. The lowest BCUT2D eigenvalue weighted by Crippen LogP contribution is -2.40. The van der Waals surface area contributed by atoms with Crippen LogP contribution in [0.4, 0.5) is 5.69 Å². The van der Waals surface area contributed by atoms with Crippen LogP contribution in [0.3, 0.4) is 0 Å². The molecule has 3 nitrogen and oxygen atoms in total. The van der Waals surface area contributed by atoms with E-state index in [0.717, 1.165) is 25.9 Å². The summed E-state index contributed by atoms with van der Waals surface area (Å²) >= 11 is 1.66. The molecule has 1 aliphatic heterocycles. The molecule has 0 radical (unpaired) electrons. The molecule has 1 aromatic rings. The van der Waals surface area contributed by atoms with Crippen LogP contribution in [0.2, 0.25) is 0 Å². The van der Waals surface area contributed by atoms with Crippen LogP contribution in [0, 0.1) is 0 Å². The van der Waals surface area contributed by atoms with E-state index in [1.165, 1.54) is 16.8 Å². The van der Waals surface area contributed by atoms with Gasteiger partial charge in [-0.05, 0) is 42.4 Å². The predicted molar refractivity (Wildman–Crippen MR) is 87.5 cm³/mol. The Bertz CT molecular complexity index is 483. The molecule has 0 saturated carbocycles. The van der Waals surface area contributed by atoms with Crippen LogP contribution in [-0.4, -0.2) is 43.0 Å². The van der Waals surface area contributed by atoms with Crippen LogP contribution >= 0.6 is 11.8 Å². The van der Waals surface area contributed by atoms with Gasteiger partial charge in [0.25, 0.3) is 0 Å². The van der Waals surface area contributed by atoms with Crippen LogP contribution in [0.15, 0.2) is 18.2 Å². The van der Waals surface area contributed by atoms with E-state index in [1.807, 2.05) is 25.3 Å². The molecule has 1 heterocycles. The van der Waals surface area contributed by atoms with Crippen LogP contribution in [-0.2, 0) is 17.8 Å². The van der Waals surface area contributed by atoms with Crippen molar-refractivity contribution in [1.29, 1.82) is 0 Å². The molecule has 1 atom stereocenters. The molecule has 0 bridgehead atoms. The van der Waals surface area contributed by atoms with Crippen LogP contribution in [0.1, 0.15) is 24.5 Å². The second kappa shape index (κ2) is 6.53. The summed E-state index contributed by atoms with van der Waals surface area (Å²) in [6, 6.07) is 6.58. The van der Waals surface area contributed by atoms with Gasteiger partial charge in [0.2, 0.25) is 5.91 Å². The monoisotopic (exact) mass is 292 g/mol. The molecule has 20 heavy (non-hydrogen) atoms. The molecule has 0 unspecified atom stereocenters. The van der Waals surface area contributed by atoms with E-state index in [0.29, 0.717) is 5.91 Å². The van der Waals surface area contributed by atoms with Gasteiger partial charge in [0.05, 0.1) is 5.25 Å². The SMILES string of the molecule is CC[C@@H](SC)C(=O)N1CCc2ccc(N(C)C)cc2C1. The largest absolute Gasteiger partial charge is 0.378 e. The van der Waals surface area contributed by atoms with Crippen molar-refractivity contribution >= 4 is 23.4 Å². The summed E-state index contributed by atoms with van der Waals surface area (Å²) in [6.07, 6.45) is 3.90. The Hall–Kier alpha value is -1.16. The van der Waals surface area contributed by atoms with Crippen molar-refractivity contribution < 1.29 is 4.79 Å². The van der Waals surface area contributed by atoms with E-state index in [4.69, 9.17) is 0 Å². The highest BCUT2D eigenvalue weighted by Crippen LogP contribution is 2.25. The number of rotatable bonds is 4. The summed E-state index contributed by atoms with van der Waals surface area (Å²) in [5.74, 6) is 0.293. The molecule has 1 aliphatic rings. The highest BCUT2D eigenvalue weighted by atomic mass is 32.2. The molecule has 1 amide bonds. The molecule has 0 N–H and O–H groups in total.